The standard InChI is InChI=1S/C9H9N5OS/c1-5-2-12-9(16-5)14-8(15)6-3-11-4-7(10)13-6/h2-4H,1H3,(H2,10,13)(H,12,14,15). The van der Waals surface area contributed by atoms with Crippen molar-refractivity contribution in [3.63, 3.8) is 0 Å². The van der Waals surface area contributed by atoms with Crippen molar-refractivity contribution in [3.8, 4) is 0 Å². The molecule has 0 aliphatic heterocycles. The smallest absolute Gasteiger partial charge is 0.277 e. The minimum atomic E-state index is -0.367. The van der Waals surface area contributed by atoms with E-state index in [1.807, 2.05) is 6.92 Å². The first-order valence-corrected chi connectivity index (χ1v) is 5.28. The van der Waals surface area contributed by atoms with E-state index in [1.165, 1.54) is 23.7 Å². The quantitative estimate of drug-likeness (QED) is 0.812. The summed E-state index contributed by atoms with van der Waals surface area (Å²) in [5, 5.41) is 3.15. The van der Waals surface area contributed by atoms with Crippen LogP contribution in [0.4, 0.5) is 10.9 Å². The number of aromatic nitrogens is 3. The maximum atomic E-state index is 11.7. The number of nitrogens with two attached hydrogens (primary N) is 1. The van der Waals surface area contributed by atoms with Crippen LogP contribution in [-0.2, 0) is 0 Å². The van der Waals surface area contributed by atoms with Crippen LogP contribution in [0.2, 0.25) is 0 Å². The van der Waals surface area contributed by atoms with E-state index in [2.05, 4.69) is 20.3 Å². The maximum Gasteiger partial charge on any atom is 0.277 e. The molecule has 1 amide bonds. The largest absolute Gasteiger partial charge is 0.382 e. The Morgan fingerprint density at radius 1 is 1.44 bits per heavy atom. The van der Waals surface area contributed by atoms with E-state index >= 15 is 0 Å². The number of hydrogen-bond acceptors (Lipinski definition) is 6. The summed E-state index contributed by atoms with van der Waals surface area (Å²) < 4.78 is 0. The lowest BCUT2D eigenvalue weighted by atomic mass is 10.4. The molecule has 6 nitrogen and oxygen atoms in total. The number of carbonyl (C=O) groups excluding carboxylic acids is 1. The predicted molar refractivity (Wildman–Crippen MR) is 61.2 cm³/mol. The number of carbonyl (C=O) groups is 1. The second-order valence-corrected chi connectivity index (χ2v) is 4.29. The van der Waals surface area contributed by atoms with Crippen LogP contribution in [0, 0.1) is 6.92 Å². The number of rotatable bonds is 2. The Hall–Kier alpha value is -2.02. The number of amides is 1. The Morgan fingerprint density at radius 3 is 2.88 bits per heavy atom. The first-order chi connectivity index (χ1) is 7.65. The molecule has 0 saturated carbocycles. The first-order valence-electron chi connectivity index (χ1n) is 4.46. The molecule has 2 heterocycles. The fourth-order valence-corrected chi connectivity index (χ4v) is 1.72. The highest BCUT2D eigenvalue weighted by atomic mass is 32.1. The molecule has 0 unspecified atom stereocenters. The summed E-state index contributed by atoms with van der Waals surface area (Å²) in [6.45, 7) is 1.91. The summed E-state index contributed by atoms with van der Waals surface area (Å²) in [5.41, 5.74) is 5.60. The highest BCUT2D eigenvalue weighted by Crippen LogP contribution is 2.17. The number of nitrogen functional groups attached to an aromatic ring is 1. The average molecular weight is 235 g/mol. The molecule has 0 bridgehead atoms. The topological polar surface area (TPSA) is 93.8 Å². The fraction of sp³-hybridized carbons (Fsp3) is 0.111. The summed E-state index contributed by atoms with van der Waals surface area (Å²) in [5.74, 6) is -0.155. The molecule has 0 aliphatic rings. The molecule has 7 heteroatoms. The zero-order valence-corrected chi connectivity index (χ0v) is 9.28. The van der Waals surface area contributed by atoms with Crippen molar-refractivity contribution in [3.05, 3.63) is 29.2 Å². The van der Waals surface area contributed by atoms with Crippen LogP contribution in [0.5, 0.6) is 0 Å². The van der Waals surface area contributed by atoms with Gasteiger partial charge in [0.2, 0.25) is 0 Å². The number of thiazole rings is 1. The van der Waals surface area contributed by atoms with Gasteiger partial charge >= 0.3 is 0 Å². The lowest BCUT2D eigenvalue weighted by molar-refractivity contribution is 0.102. The van der Waals surface area contributed by atoms with Crippen LogP contribution in [0.1, 0.15) is 15.4 Å². The molecule has 0 fully saturated rings. The number of anilines is 2. The average Bonchev–Trinajstić information content (AvgIpc) is 2.64. The minimum absolute atomic E-state index is 0.174. The third kappa shape index (κ3) is 2.31. The summed E-state index contributed by atoms with van der Waals surface area (Å²) in [7, 11) is 0. The van der Waals surface area contributed by atoms with Crippen LogP contribution < -0.4 is 11.1 Å². The van der Waals surface area contributed by atoms with Gasteiger partial charge in [-0.25, -0.2) is 9.97 Å². The second-order valence-electron chi connectivity index (χ2n) is 3.06. The zero-order chi connectivity index (χ0) is 11.5. The summed E-state index contributed by atoms with van der Waals surface area (Å²) in [6.07, 6.45) is 4.42. The van der Waals surface area contributed by atoms with E-state index in [4.69, 9.17) is 5.73 Å². The van der Waals surface area contributed by atoms with Crippen LogP contribution >= 0.6 is 11.3 Å². The molecule has 0 aromatic carbocycles. The lowest BCUT2D eigenvalue weighted by Crippen LogP contribution is -2.14. The van der Waals surface area contributed by atoms with Crippen LogP contribution in [0.3, 0.4) is 0 Å². The monoisotopic (exact) mass is 235 g/mol. The maximum absolute atomic E-state index is 11.7. The summed E-state index contributed by atoms with van der Waals surface area (Å²) in [6, 6.07) is 0. The van der Waals surface area contributed by atoms with Gasteiger partial charge in [0.05, 0.1) is 12.4 Å². The van der Waals surface area contributed by atoms with Gasteiger partial charge < -0.3 is 5.73 Å². The molecule has 0 atom stereocenters. The van der Waals surface area contributed by atoms with Gasteiger partial charge in [-0.1, -0.05) is 0 Å². The van der Waals surface area contributed by atoms with Crippen molar-refractivity contribution >= 4 is 28.2 Å². The summed E-state index contributed by atoms with van der Waals surface area (Å²) in [4.78, 5) is 24.3. The van der Waals surface area contributed by atoms with Gasteiger partial charge in [0.15, 0.2) is 5.13 Å². The van der Waals surface area contributed by atoms with Crippen molar-refractivity contribution in [2.45, 2.75) is 6.92 Å². The van der Waals surface area contributed by atoms with Gasteiger partial charge in [-0.05, 0) is 6.92 Å². The molecule has 2 aromatic rings. The van der Waals surface area contributed by atoms with E-state index in [0.717, 1.165) is 4.88 Å². The molecule has 0 spiro atoms. The molecule has 82 valence electrons. The van der Waals surface area contributed by atoms with Gasteiger partial charge in [0, 0.05) is 11.1 Å². The molecule has 2 aromatic heterocycles. The molecule has 0 saturated heterocycles. The SMILES string of the molecule is Cc1cnc(NC(=O)c2cncc(N)n2)s1. The number of nitrogens with one attached hydrogen (secondary N) is 1. The van der Waals surface area contributed by atoms with Gasteiger partial charge in [0.1, 0.15) is 11.5 Å². The highest BCUT2D eigenvalue weighted by molar-refractivity contribution is 7.15. The minimum Gasteiger partial charge on any atom is -0.382 e. The van der Waals surface area contributed by atoms with Gasteiger partial charge in [-0.2, -0.15) is 0 Å². The van der Waals surface area contributed by atoms with Gasteiger partial charge in [0.25, 0.3) is 5.91 Å². The number of aryl methyl sites for hydroxylation is 1. The number of hydrogen-bond donors (Lipinski definition) is 2. The van der Waals surface area contributed by atoms with E-state index < -0.39 is 0 Å². The first kappa shape index (κ1) is 10.5. The van der Waals surface area contributed by atoms with E-state index in [0.29, 0.717) is 5.13 Å². The third-order valence-corrected chi connectivity index (χ3v) is 2.56. The Labute approximate surface area is 95.6 Å². The van der Waals surface area contributed by atoms with Crippen molar-refractivity contribution < 1.29 is 4.79 Å². The lowest BCUT2D eigenvalue weighted by Gasteiger charge is -2.00. The van der Waals surface area contributed by atoms with E-state index in [1.54, 1.807) is 6.20 Å². The predicted octanol–water partition coefficient (Wildman–Crippen LogP) is 1.08. The van der Waals surface area contributed by atoms with Crippen LogP contribution in [0.15, 0.2) is 18.6 Å². The normalized spacial score (nSPS) is 10.1. The Bertz CT molecular complexity index is 524. The van der Waals surface area contributed by atoms with E-state index in [-0.39, 0.29) is 17.4 Å². The molecule has 0 aliphatic carbocycles. The molecular formula is C9H9N5OS. The van der Waals surface area contributed by atoms with Crippen molar-refractivity contribution in [2.75, 3.05) is 11.1 Å². The highest BCUT2D eigenvalue weighted by Gasteiger charge is 2.10. The fourth-order valence-electron chi connectivity index (χ4n) is 1.06. The number of nitrogens with zero attached hydrogens (tertiary/aromatic N) is 3. The zero-order valence-electron chi connectivity index (χ0n) is 8.47. The van der Waals surface area contributed by atoms with Crippen LogP contribution in [-0.4, -0.2) is 20.9 Å². The van der Waals surface area contributed by atoms with Gasteiger partial charge in [-0.15, -0.1) is 11.3 Å². The molecular weight excluding hydrogens is 226 g/mol. The van der Waals surface area contributed by atoms with Crippen molar-refractivity contribution in [2.24, 2.45) is 0 Å². The van der Waals surface area contributed by atoms with Gasteiger partial charge in [-0.3, -0.25) is 15.1 Å². The Balaban J connectivity index is 2.14. The van der Waals surface area contributed by atoms with Crippen molar-refractivity contribution in [1.29, 1.82) is 0 Å². The Morgan fingerprint density at radius 2 is 2.25 bits per heavy atom. The second kappa shape index (κ2) is 4.23. The van der Waals surface area contributed by atoms with E-state index in [9.17, 15) is 4.79 Å². The van der Waals surface area contributed by atoms with Crippen molar-refractivity contribution in [1.82, 2.24) is 15.0 Å². The summed E-state index contributed by atoms with van der Waals surface area (Å²) >= 11 is 1.39. The molecule has 16 heavy (non-hydrogen) atoms. The van der Waals surface area contributed by atoms with Crippen LogP contribution in [0.25, 0.3) is 0 Å². The molecule has 2 rings (SSSR count). The molecule has 3 N–H and O–H groups in total. The third-order valence-electron chi connectivity index (χ3n) is 1.73. The Kier molecular flexibility index (Phi) is 2.78. The molecule has 0 radical (unpaired) electrons.